The first-order valence-corrected chi connectivity index (χ1v) is 7.03. The van der Waals surface area contributed by atoms with Crippen molar-refractivity contribution in [3.63, 3.8) is 0 Å². The molecule has 1 atom stereocenters. The number of benzene rings is 1. The average Bonchev–Trinajstić information content (AvgIpc) is 2.15. The third-order valence-corrected chi connectivity index (χ3v) is 3.40. The Kier molecular flexibility index (Phi) is 4.17. The summed E-state index contributed by atoms with van der Waals surface area (Å²) in [5.41, 5.74) is 5.70. The summed E-state index contributed by atoms with van der Waals surface area (Å²) in [5, 5.41) is 0. The highest BCUT2D eigenvalue weighted by Gasteiger charge is 2.23. The number of nitrogens with two attached hydrogens (primary N) is 1. The Hall–Kier alpha value is -1.50. The van der Waals surface area contributed by atoms with Crippen LogP contribution >= 0.6 is 8.03 Å². The zero-order valence-corrected chi connectivity index (χ0v) is 10.1. The summed E-state index contributed by atoms with van der Waals surface area (Å²) in [5.74, 6) is -1.35. The summed E-state index contributed by atoms with van der Waals surface area (Å²) in [7, 11) is -7.32. The molecule has 2 N–H and O–H groups in total. The Balaban J connectivity index is 2.86. The Bertz CT molecular complexity index is 538. The summed E-state index contributed by atoms with van der Waals surface area (Å²) < 4.78 is 37.2. The van der Waals surface area contributed by atoms with Gasteiger partial charge in [-0.2, -0.15) is 8.42 Å². The van der Waals surface area contributed by atoms with Crippen LogP contribution in [-0.4, -0.2) is 20.5 Å². The molecule has 0 amide bonds. The van der Waals surface area contributed by atoms with Gasteiger partial charge in [0.05, 0.1) is 0 Å². The highest BCUT2D eigenvalue weighted by atomic mass is 32.2. The number of rotatable bonds is 4. The lowest BCUT2D eigenvalue weighted by Crippen LogP contribution is -2.16. The van der Waals surface area contributed by atoms with Crippen molar-refractivity contribution in [1.82, 2.24) is 0 Å². The Morgan fingerprint density at radius 2 is 1.88 bits per heavy atom. The molecule has 0 fully saturated rings. The molecule has 92 valence electrons. The lowest BCUT2D eigenvalue weighted by molar-refractivity contribution is -0.165. The van der Waals surface area contributed by atoms with E-state index in [0.29, 0.717) is 5.69 Å². The third kappa shape index (κ3) is 4.10. The van der Waals surface area contributed by atoms with Crippen LogP contribution in [0.5, 0.6) is 0 Å². The van der Waals surface area contributed by atoms with Crippen LogP contribution in [0, 0.1) is 0 Å². The van der Waals surface area contributed by atoms with Crippen LogP contribution < -0.4 is 10.6 Å². The van der Waals surface area contributed by atoms with Crippen LogP contribution in [0.1, 0.15) is 0 Å². The van der Waals surface area contributed by atoms with Gasteiger partial charge in [-0.05, 0) is 24.3 Å². The molecular formula is C8H8NO6PS. The second-order valence-electron chi connectivity index (χ2n) is 2.97. The molecule has 1 aromatic rings. The van der Waals surface area contributed by atoms with Crippen molar-refractivity contribution in [2.24, 2.45) is 0 Å². The van der Waals surface area contributed by atoms with Crippen LogP contribution in [-0.2, 0) is 23.7 Å². The van der Waals surface area contributed by atoms with Gasteiger partial charge in [-0.1, -0.05) is 4.57 Å². The zero-order chi connectivity index (χ0) is 13.1. The maximum Gasteiger partial charge on any atom is 0.370 e. The van der Waals surface area contributed by atoms with Gasteiger partial charge in [-0.3, -0.25) is 0 Å². The monoisotopic (exact) mass is 277 g/mol. The van der Waals surface area contributed by atoms with Gasteiger partial charge in [-0.25, -0.2) is 4.79 Å². The summed E-state index contributed by atoms with van der Waals surface area (Å²) in [6.07, 6.45) is -0.983. The van der Waals surface area contributed by atoms with Gasteiger partial charge < -0.3 is 14.8 Å². The first-order valence-electron chi connectivity index (χ1n) is 4.26. The van der Waals surface area contributed by atoms with E-state index in [2.05, 4.69) is 4.18 Å². The molecule has 0 bridgehead atoms. The van der Waals surface area contributed by atoms with E-state index in [1.54, 1.807) is 0 Å². The second-order valence-corrected chi connectivity index (χ2v) is 5.50. The number of hydrogen-bond donors (Lipinski definition) is 1. The summed E-state index contributed by atoms with van der Waals surface area (Å²) >= 11 is 0. The summed E-state index contributed by atoms with van der Waals surface area (Å²) in [6, 6.07) is 4.92. The van der Waals surface area contributed by atoms with Gasteiger partial charge in [0.1, 0.15) is 4.90 Å². The number of anilines is 1. The molecule has 0 aliphatic carbocycles. The van der Waals surface area contributed by atoms with Gasteiger partial charge in [0.15, 0.2) is 0 Å². The largest absolute Gasteiger partial charge is 0.595 e. The van der Waals surface area contributed by atoms with E-state index in [4.69, 9.17) is 5.73 Å². The van der Waals surface area contributed by atoms with Crippen LogP contribution in [0.3, 0.4) is 0 Å². The zero-order valence-electron chi connectivity index (χ0n) is 8.40. The second kappa shape index (κ2) is 5.22. The molecule has 0 aromatic heterocycles. The van der Waals surface area contributed by atoms with Gasteiger partial charge in [0.2, 0.25) is 6.16 Å². The molecule has 1 unspecified atom stereocenters. The SMILES string of the molecule is Nc1ccc(S(=O)(=O)OC(=O)C[P+](=O)[O-])cc1. The van der Waals surface area contributed by atoms with Crippen LogP contribution in [0.2, 0.25) is 0 Å². The van der Waals surface area contributed by atoms with Crippen molar-refractivity contribution in [3.8, 4) is 0 Å². The minimum absolute atomic E-state index is 0.277. The van der Waals surface area contributed by atoms with Crippen molar-refractivity contribution < 1.29 is 26.9 Å². The lowest BCUT2D eigenvalue weighted by atomic mass is 10.3. The number of nitrogen functional groups attached to an aromatic ring is 1. The van der Waals surface area contributed by atoms with Gasteiger partial charge in [0.25, 0.3) is 0 Å². The third-order valence-electron chi connectivity index (χ3n) is 1.63. The minimum atomic E-state index is -4.29. The van der Waals surface area contributed by atoms with Crippen molar-refractivity contribution in [3.05, 3.63) is 24.3 Å². The normalized spacial score (nSPS) is 11.9. The van der Waals surface area contributed by atoms with E-state index in [1.807, 2.05) is 0 Å². The molecule has 1 rings (SSSR count). The molecule has 17 heavy (non-hydrogen) atoms. The molecule has 0 radical (unpaired) electrons. The van der Waals surface area contributed by atoms with Crippen LogP contribution in [0.25, 0.3) is 0 Å². The molecule has 0 aliphatic rings. The molecule has 0 saturated heterocycles. The first-order chi connectivity index (χ1) is 7.81. The van der Waals surface area contributed by atoms with Crippen molar-refractivity contribution >= 4 is 29.8 Å². The van der Waals surface area contributed by atoms with E-state index in [9.17, 15) is 22.7 Å². The average molecular weight is 277 g/mol. The maximum absolute atomic E-state index is 11.5. The number of carbonyl (C=O) groups is 1. The van der Waals surface area contributed by atoms with Gasteiger partial charge in [-0.15, -0.1) is 0 Å². The highest BCUT2D eigenvalue weighted by Crippen LogP contribution is 2.16. The quantitative estimate of drug-likeness (QED) is 0.450. The summed E-state index contributed by atoms with van der Waals surface area (Å²) in [4.78, 5) is 20.8. The molecule has 0 heterocycles. The molecule has 1 aromatic carbocycles. The molecular weight excluding hydrogens is 269 g/mol. The fourth-order valence-electron chi connectivity index (χ4n) is 0.937. The topological polar surface area (TPSA) is 127 Å². The predicted molar refractivity (Wildman–Crippen MR) is 56.6 cm³/mol. The van der Waals surface area contributed by atoms with E-state index in [-0.39, 0.29) is 4.90 Å². The maximum atomic E-state index is 11.5. The molecule has 0 spiro atoms. The Morgan fingerprint density at radius 1 is 1.35 bits per heavy atom. The van der Waals surface area contributed by atoms with E-state index in [1.165, 1.54) is 12.1 Å². The van der Waals surface area contributed by atoms with Crippen LogP contribution in [0.15, 0.2) is 29.2 Å². The Morgan fingerprint density at radius 3 is 2.35 bits per heavy atom. The van der Waals surface area contributed by atoms with E-state index < -0.39 is 30.3 Å². The van der Waals surface area contributed by atoms with Crippen LogP contribution in [0.4, 0.5) is 5.69 Å². The highest BCUT2D eigenvalue weighted by molar-refractivity contribution is 7.87. The first kappa shape index (κ1) is 13.6. The van der Waals surface area contributed by atoms with E-state index >= 15 is 0 Å². The van der Waals surface area contributed by atoms with Crippen molar-refractivity contribution in [2.75, 3.05) is 11.9 Å². The summed E-state index contributed by atoms with van der Waals surface area (Å²) in [6.45, 7) is 0. The number of carbonyl (C=O) groups excluding carboxylic acids is 1. The molecule has 0 saturated carbocycles. The molecule has 7 nitrogen and oxygen atoms in total. The van der Waals surface area contributed by atoms with E-state index in [0.717, 1.165) is 12.1 Å². The minimum Gasteiger partial charge on any atom is -0.595 e. The number of hydrogen-bond acceptors (Lipinski definition) is 7. The smallest absolute Gasteiger partial charge is 0.370 e. The fourth-order valence-corrected chi connectivity index (χ4v) is 2.17. The molecule has 0 aliphatic heterocycles. The van der Waals surface area contributed by atoms with Crippen molar-refractivity contribution in [1.29, 1.82) is 0 Å². The Labute approximate surface area is 98.2 Å². The standard InChI is InChI=1S/C8H8NO6PS/c9-6-1-3-7(4-2-6)17(13,14)15-8(10)5-16(11)12/h1-4H,5,9H2. The molecule has 9 heteroatoms. The van der Waals surface area contributed by atoms with Gasteiger partial charge >= 0.3 is 24.1 Å². The van der Waals surface area contributed by atoms with Gasteiger partial charge in [0, 0.05) is 5.69 Å². The lowest BCUT2D eigenvalue weighted by Gasteiger charge is -2.03. The fraction of sp³-hybridized carbons (Fsp3) is 0.125. The predicted octanol–water partition coefficient (Wildman–Crippen LogP) is -0.397. The van der Waals surface area contributed by atoms with Crippen molar-refractivity contribution in [2.45, 2.75) is 4.90 Å².